The lowest BCUT2D eigenvalue weighted by atomic mass is 10.1. The molecule has 3 aromatic rings. The van der Waals surface area contributed by atoms with E-state index in [9.17, 15) is 0 Å². The molecule has 2 N–H and O–H groups in total. The van der Waals surface area contributed by atoms with Gasteiger partial charge in [-0.3, -0.25) is 4.98 Å². The highest BCUT2D eigenvalue weighted by Crippen LogP contribution is 2.27. The zero-order valence-electron chi connectivity index (χ0n) is 10.7. The van der Waals surface area contributed by atoms with E-state index in [-0.39, 0.29) is 0 Å². The van der Waals surface area contributed by atoms with Gasteiger partial charge in [0, 0.05) is 15.1 Å². The molecular weight excluding hydrogens is 400 g/mol. The Hall–Kier alpha value is -1.57. The summed E-state index contributed by atoms with van der Waals surface area (Å²) in [7, 11) is 0. The van der Waals surface area contributed by atoms with E-state index in [1.54, 1.807) is 6.20 Å². The van der Waals surface area contributed by atoms with Crippen LogP contribution in [0.15, 0.2) is 56.1 Å². The van der Waals surface area contributed by atoms with Gasteiger partial charge in [-0.25, -0.2) is 0 Å². The van der Waals surface area contributed by atoms with Gasteiger partial charge < -0.3 is 10.3 Å². The van der Waals surface area contributed by atoms with Crippen LogP contribution in [-0.2, 0) is 0 Å². The molecule has 106 valence electrons. The Balaban J connectivity index is 1.93. The van der Waals surface area contributed by atoms with Gasteiger partial charge in [-0.05, 0) is 43.5 Å². The van der Waals surface area contributed by atoms with Gasteiger partial charge in [-0.2, -0.15) is 4.98 Å². The Bertz CT molecular complexity index is 761. The zero-order chi connectivity index (χ0) is 14.8. The largest absolute Gasteiger partial charge is 0.337 e. The second-order valence-electron chi connectivity index (χ2n) is 4.33. The second-order valence-corrected chi connectivity index (χ2v) is 6.10. The molecule has 1 atom stereocenters. The molecule has 1 aromatic carbocycles. The van der Waals surface area contributed by atoms with Crippen molar-refractivity contribution in [3.63, 3.8) is 0 Å². The summed E-state index contributed by atoms with van der Waals surface area (Å²) in [5.41, 5.74) is 7.65. The van der Waals surface area contributed by atoms with Crippen LogP contribution in [-0.4, -0.2) is 15.1 Å². The molecule has 0 aliphatic carbocycles. The number of hydrogen-bond acceptors (Lipinski definition) is 5. The molecule has 0 aliphatic heterocycles. The van der Waals surface area contributed by atoms with Gasteiger partial charge in [0.15, 0.2) is 0 Å². The molecule has 0 aliphatic rings. The summed E-state index contributed by atoms with van der Waals surface area (Å²) in [6, 6.07) is 11.0. The average molecular weight is 410 g/mol. The molecule has 0 amide bonds. The van der Waals surface area contributed by atoms with Crippen LogP contribution < -0.4 is 5.73 Å². The van der Waals surface area contributed by atoms with Crippen LogP contribution in [0.5, 0.6) is 0 Å². The Morgan fingerprint density at radius 3 is 2.62 bits per heavy atom. The summed E-state index contributed by atoms with van der Waals surface area (Å²) in [5, 5.41) is 3.95. The van der Waals surface area contributed by atoms with E-state index in [4.69, 9.17) is 10.3 Å². The summed E-state index contributed by atoms with van der Waals surface area (Å²) in [4.78, 5) is 8.61. The van der Waals surface area contributed by atoms with Gasteiger partial charge in [-0.15, -0.1) is 0 Å². The van der Waals surface area contributed by atoms with E-state index in [0.717, 1.165) is 14.5 Å². The highest BCUT2D eigenvalue weighted by Gasteiger charge is 2.19. The van der Waals surface area contributed by atoms with Crippen molar-refractivity contribution in [3.8, 4) is 11.5 Å². The van der Waals surface area contributed by atoms with Crippen LogP contribution in [0.2, 0.25) is 0 Å². The quantitative estimate of drug-likeness (QED) is 0.713. The van der Waals surface area contributed by atoms with Crippen LogP contribution in [0, 0.1) is 0 Å². The van der Waals surface area contributed by atoms with E-state index in [1.807, 2.05) is 36.4 Å². The number of aromatic nitrogens is 3. The van der Waals surface area contributed by atoms with Crippen molar-refractivity contribution >= 4 is 31.9 Å². The molecule has 0 fully saturated rings. The minimum absolute atomic E-state index is 0.354. The Morgan fingerprint density at radius 1 is 1.14 bits per heavy atom. The number of hydrogen-bond donors (Lipinski definition) is 1. The number of pyridine rings is 1. The standard InChI is InChI=1S/C14H10Br2N4O/c15-9-6-10(16)12(18-7-9)13-19-14(21-20-13)11(17)8-4-2-1-3-5-8/h1-7,11H,17H2/t11-/m1/s1. The number of halogens is 2. The van der Waals surface area contributed by atoms with Crippen molar-refractivity contribution in [1.82, 2.24) is 15.1 Å². The third kappa shape index (κ3) is 3.04. The molecule has 0 spiro atoms. The Labute approximate surface area is 137 Å². The van der Waals surface area contributed by atoms with E-state index in [2.05, 4.69) is 47.0 Å². The maximum Gasteiger partial charge on any atom is 0.248 e. The van der Waals surface area contributed by atoms with Gasteiger partial charge >= 0.3 is 0 Å². The average Bonchev–Trinajstić information content (AvgIpc) is 2.97. The molecule has 3 rings (SSSR count). The van der Waals surface area contributed by atoms with E-state index < -0.39 is 6.04 Å². The first-order valence-corrected chi connectivity index (χ1v) is 7.69. The predicted molar refractivity (Wildman–Crippen MR) is 85.4 cm³/mol. The maximum absolute atomic E-state index is 6.13. The van der Waals surface area contributed by atoms with Crippen molar-refractivity contribution in [2.45, 2.75) is 6.04 Å². The van der Waals surface area contributed by atoms with Gasteiger partial charge in [-0.1, -0.05) is 35.5 Å². The van der Waals surface area contributed by atoms with E-state index in [1.165, 1.54) is 0 Å². The highest BCUT2D eigenvalue weighted by molar-refractivity contribution is 9.11. The fourth-order valence-corrected chi connectivity index (χ4v) is 3.00. The predicted octanol–water partition coefficient (Wildman–Crippen LogP) is 3.70. The summed E-state index contributed by atoms with van der Waals surface area (Å²) in [5.74, 6) is 0.753. The molecule has 7 heteroatoms. The lowest BCUT2D eigenvalue weighted by Gasteiger charge is -2.05. The SMILES string of the molecule is N[C@H](c1ccccc1)c1nc(-c2ncc(Br)cc2Br)no1. The monoisotopic (exact) mass is 408 g/mol. The molecule has 0 bridgehead atoms. The molecule has 0 radical (unpaired) electrons. The number of nitrogens with two attached hydrogens (primary N) is 1. The third-order valence-corrected chi connectivity index (χ3v) is 3.92. The summed E-state index contributed by atoms with van der Waals surface area (Å²) >= 11 is 6.78. The Kier molecular flexibility index (Phi) is 4.14. The zero-order valence-corrected chi connectivity index (χ0v) is 13.9. The van der Waals surface area contributed by atoms with Gasteiger partial charge in [0.2, 0.25) is 11.7 Å². The molecule has 0 saturated heterocycles. The summed E-state index contributed by atoms with van der Waals surface area (Å²) in [6.07, 6.45) is 1.67. The lowest BCUT2D eigenvalue weighted by Crippen LogP contribution is -2.12. The molecular formula is C14H10Br2N4O. The molecule has 0 unspecified atom stereocenters. The van der Waals surface area contributed by atoms with Crippen LogP contribution in [0.1, 0.15) is 17.5 Å². The first kappa shape index (κ1) is 14.4. The molecule has 5 nitrogen and oxygen atoms in total. The second kappa shape index (κ2) is 6.05. The van der Waals surface area contributed by atoms with E-state index in [0.29, 0.717) is 17.4 Å². The summed E-state index contributed by atoms with van der Waals surface area (Å²) in [6.45, 7) is 0. The molecule has 0 saturated carbocycles. The van der Waals surface area contributed by atoms with Gasteiger partial charge in [0.25, 0.3) is 0 Å². The number of nitrogens with zero attached hydrogens (tertiary/aromatic N) is 3. The van der Waals surface area contributed by atoms with Gasteiger partial charge in [0.1, 0.15) is 11.7 Å². The van der Waals surface area contributed by atoms with Crippen LogP contribution in [0.3, 0.4) is 0 Å². The summed E-state index contributed by atoms with van der Waals surface area (Å²) < 4.78 is 6.90. The smallest absolute Gasteiger partial charge is 0.248 e. The van der Waals surface area contributed by atoms with Crippen molar-refractivity contribution in [3.05, 3.63) is 63.0 Å². The molecule has 21 heavy (non-hydrogen) atoms. The van der Waals surface area contributed by atoms with Crippen LogP contribution in [0.25, 0.3) is 11.5 Å². The van der Waals surface area contributed by atoms with Gasteiger partial charge in [0.05, 0.1) is 0 Å². The fourth-order valence-electron chi connectivity index (χ4n) is 1.84. The lowest BCUT2D eigenvalue weighted by molar-refractivity contribution is 0.367. The fraction of sp³-hybridized carbons (Fsp3) is 0.0714. The highest BCUT2D eigenvalue weighted by atomic mass is 79.9. The normalized spacial score (nSPS) is 12.3. The number of rotatable bonds is 3. The van der Waals surface area contributed by atoms with Crippen molar-refractivity contribution in [1.29, 1.82) is 0 Å². The minimum Gasteiger partial charge on any atom is -0.337 e. The Morgan fingerprint density at radius 2 is 1.90 bits per heavy atom. The van der Waals surface area contributed by atoms with Crippen molar-refractivity contribution in [2.24, 2.45) is 5.73 Å². The number of benzene rings is 1. The topological polar surface area (TPSA) is 77.8 Å². The molecule has 2 aromatic heterocycles. The van der Waals surface area contributed by atoms with E-state index >= 15 is 0 Å². The molecule has 2 heterocycles. The first-order chi connectivity index (χ1) is 10.1. The first-order valence-electron chi connectivity index (χ1n) is 6.10. The van der Waals surface area contributed by atoms with Crippen molar-refractivity contribution in [2.75, 3.05) is 0 Å². The van der Waals surface area contributed by atoms with Crippen LogP contribution in [0.4, 0.5) is 0 Å². The minimum atomic E-state index is -0.457. The van der Waals surface area contributed by atoms with Crippen LogP contribution >= 0.6 is 31.9 Å². The maximum atomic E-state index is 6.13. The third-order valence-electron chi connectivity index (χ3n) is 2.89. The van der Waals surface area contributed by atoms with Crippen molar-refractivity contribution < 1.29 is 4.52 Å².